The molecular formula is C19H24F3I. The Balaban J connectivity index is 3.43. The van der Waals surface area contributed by atoms with Crippen molar-refractivity contribution in [2.45, 2.75) is 59.6 Å². The molecule has 0 aliphatic heterocycles. The largest absolute Gasteiger partial charge is 0.416 e. The van der Waals surface area contributed by atoms with E-state index < -0.39 is 11.7 Å². The fraction of sp³-hybridized carbons (Fsp3) is 0.474. The summed E-state index contributed by atoms with van der Waals surface area (Å²) in [5.74, 6) is 0. The van der Waals surface area contributed by atoms with E-state index in [-0.39, 0.29) is 0 Å². The van der Waals surface area contributed by atoms with Gasteiger partial charge in [-0.2, -0.15) is 13.2 Å². The van der Waals surface area contributed by atoms with Crippen molar-refractivity contribution in [1.29, 1.82) is 0 Å². The Labute approximate surface area is 151 Å². The first-order chi connectivity index (χ1) is 10.8. The number of benzene rings is 1. The second-order valence-corrected chi connectivity index (χ2v) is 6.63. The zero-order valence-electron chi connectivity index (χ0n) is 14.1. The van der Waals surface area contributed by atoms with Gasteiger partial charge in [0.1, 0.15) is 0 Å². The number of allylic oxidation sites excluding steroid dienone is 4. The summed E-state index contributed by atoms with van der Waals surface area (Å²) in [6.45, 7) is 8.45. The van der Waals surface area contributed by atoms with Crippen LogP contribution < -0.4 is 0 Å². The lowest BCUT2D eigenvalue weighted by Gasteiger charge is -2.18. The molecule has 0 spiro atoms. The summed E-state index contributed by atoms with van der Waals surface area (Å²) in [7, 11) is 0. The van der Waals surface area contributed by atoms with Crippen LogP contribution in [0.1, 0.15) is 64.5 Å². The summed E-state index contributed by atoms with van der Waals surface area (Å²) < 4.78 is 39.6. The quantitative estimate of drug-likeness (QED) is 0.315. The Morgan fingerprint density at radius 2 is 1.35 bits per heavy atom. The van der Waals surface area contributed by atoms with Crippen molar-refractivity contribution in [1.82, 2.24) is 0 Å². The first-order valence-electron chi connectivity index (χ1n) is 8.07. The Bertz CT molecular complexity index is 578. The summed E-state index contributed by atoms with van der Waals surface area (Å²) in [4.78, 5) is 0. The summed E-state index contributed by atoms with van der Waals surface area (Å²) in [5.41, 5.74) is 4.07. The van der Waals surface area contributed by atoms with Crippen molar-refractivity contribution >= 4 is 28.2 Å². The molecule has 0 atom stereocenters. The van der Waals surface area contributed by atoms with Crippen molar-refractivity contribution in [2.24, 2.45) is 0 Å². The Morgan fingerprint density at radius 3 is 1.70 bits per heavy atom. The van der Waals surface area contributed by atoms with Crippen LogP contribution in [0.15, 0.2) is 39.0 Å². The van der Waals surface area contributed by atoms with E-state index in [2.05, 4.69) is 50.3 Å². The van der Waals surface area contributed by atoms with Gasteiger partial charge in [-0.15, -0.1) is 0 Å². The average molecular weight is 436 g/mol. The van der Waals surface area contributed by atoms with E-state index in [1.807, 2.05) is 0 Å². The molecular weight excluding hydrogens is 412 g/mol. The van der Waals surface area contributed by atoms with E-state index in [9.17, 15) is 13.2 Å². The van der Waals surface area contributed by atoms with Gasteiger partial charge in [-0.25, -0.2) is 0 Å². The van der Waals surface area contributed by atoms with E-state index in [1.165, 1.54) is 26.9 Å². The minimum atomic E-state index is -4.28. The molecule has 128 valence electrons. The van der Waals surface area contributed by atoms with E-state index in [1.54, 1.807) is 12.1 Å². The van der Waals surface area contributed by atoms with Crippen LogP contribution in [-0.2, 0) is 6.18 Å². The van der Waals surface area contributed by atoms with E-state index in [4.69, 9.17) is 0 Å². The van der Waals surface area contributed by atoms with Crippen LogP contribution in [0.4, 0.5) is 13.2 Å². The van der Waals surface area contributed by atoms with Crippen LogP contribution in [0.3, 0.4) is 0 Å². The van der Waals surface area contributed by atoms with Gasteiger partial charge >= 0.3 is 6.18 Å². The highest BCUT2D eigenvalue weighted by atomic mass is 127. The lowest BCUT2D eigenvalue weighted by molar-refractivity contribution is -0.137. The molecule has 0 bridgehead atoms. The smallest absolute Gasteiger partial charge is 0.166 e. The fourth-order valence-corrected chi connectivity index (χ4v) is 3.55. The molecule has 23 heavy (non-hydrogen) atoms. The summed E-state index contributed by atoms with van der Waals surface area (Å²) >= 11 is 2.39. The molecule has 0 aromatic heterocycles. The van der Waals surface area contributed by atoms with Crippen LogP contribution in [0.2, 0.25) is 0 Å². The SMILES string of the molecule is CC/C(I)=C(CC)/C(CC)=C(/CC)c1ccc(C(F)(F)F)cc1. The van der Waals surface area contributed by atoms with Gasteiger partial charge in [-0.1, -0.05) is 39.8 Å². The standard InChI is InChI=1S/C19H24F3I/c1-5-15(16(6-2)17(7-3)18(23)8-4)13-9-11-14(12-10-13)19(20,21)22/h9-12H,5-8H2,1-4H3/b16-15-,18-17-. The first kappa shape index (κ1) is 20.3. The van der Waals surface area contributed by atoms with Gasteiger partial charge in [0.2, 0.25) is 0 Å². The molecule has 1 rings (SSSR count). The maximum atomic E-state index is 12.7. The molecule has 1 aromatic carbocycles. The molecule has 0 N–H and O–H groups in total. The molecule has 0 saturated heterocycles. The zero-order valence-corrected chi connectivity index (χ0v) is 16.3. The van der Waals surface area contributed by atoms with Crippen molar-refractivity contribution in [3.8, 4) is 0 Å². The maximum Gasteiger partial charge on any atom is 0.416 e. The third kappa shape index (κ3) is 5.10. The van der Waals surface area contributed by atoms with Crippen molar-refractivity contribution in [3.63, 3.8) is 0 Å². The number of hydrogen-bond acceptors (Lipinski definition) is 0. The first-order valence-corrected chi connectivity index (χ1v) is 9.15. The molecule has 0 aliphatic rings. The van der Waals surface area contributed by atoms with Crippen molar-refractivity contribution < 1.29 is 13.2 Å². The van der Waals surface area contributed by atoms with Crippen molar-refractivity contribution in [3.05, 3.63) is 50.1 Å². The van der Waals surface area contributed by atoms with Crippen LogP contribution in [0, 0.1) is 0 Å². The topological polar surface area (TPSA) is 0 Å². The van der Waals surface area contributed by atoms with Crippen LogP contribution in [0.5, 0.6) is 0 Å². The van der Waals surface area contributed by atoms with Gasteiger partial charge < -0.3 is 0 Å². The average Bonchev–Trinajstić information content (AvgIpc) is 2.53. The Kier molecular flexibility index (Phi) is 7.84. The number of halogens is 4. The molecule has 0 unspecified atom stereocenters. The minimum absolute atomic E-state index is 0.593. The molecule has 1 aromatic rings. The highest BCUT2D eigenvalue weighted by Crippen LogP contribution is 2.36. The fourth-order valence-electron chi connectivity index (χ4n) is 2.84. The maximum absolute atomic E-state index is 12.7. The second-order valence-electron chi connectivity index (χ2n) is 5.33. The van der Waals surface area contributed by atoms with Crippen LogP contribution >= 0.6 is 22.6 Å². The van der Waals surface area contributed by atoms with E-state index in [0.29, 0.717) is 0 Å². The number of alkyl halides is 3. The molecule has 4 heteroatoms. The molecule has 0 nitrogen and oxygen atoms in total. The highest BCUT2D eigenvalue weighted by molar-refractivity contribution is 14.1. The normalized spacial score (nSPS) is 14.4. The summed E-state index contributed by atoms with van der Waals surface area (Å²) in [6.07, 6.45) is -0.656. The number of rotatable bonds is 6. The van der Waals surface area contributed by atoms with Gasteiger partial charge in [0.15, 0.2) is 0 Å². The third-order valence-corrected chi connectivity index (χ3v) is 5.40. The molecule has 0 saturated carbocycles. The van der Waals surface area contributed by atoms with E-state index >= 15 is 0 Å². The Hall–Kier alpha value is -0.780. The lowest BCUT2D eigenvalue weighted by Crippen LogP contribution is -2.04. The van der Waals surface area contributed by atoms with Gasteiger partial charge in [-0.3, -0.25) is 0 Å². The predicted octanol–water partition coefficient (Wildman–Crippen LogP) is 7.79. The van der Waals surface area contributed by atoms with Crippen LogP contribution in [-0.4, -0.2) is 0 Å². The lowest BCUT2D eigenvalue weighted by atomic mass is 9.89. The minimum Gasteiger partial charge on any atom is -0.166 e. The second kappa shape index (κ2) is 8.90. The highest BCUT2D eigenvalue weighted by Gasteiger charge is 2.30. The molecule has 0 radical (unpaired) electrons. The van der Waals surface area contributed by atoms with Gasteiger partial charge in [0.05, 0.1) is 5.56 Å². The summed E-state index contributed by atoms with van der Waals surface area (Å²) in [6, 6.07) is 5.56. The zero-order chi connectivity index (χ0) is 17.6. The molecule has 0 fully saturated rings. The van der Waals surface area contributed by atoms with Crippen molar-refractivity contribution in [2.75, 3.05) is 0 Å². The Morgan fingerprint density at radius 1 is 0.826 bits per heavy atom. The number of hydrogen-bond donors (Lipinski definition) is 0. The summed E-state index contributed by atoms with van der Waals surface area (Å²) in [5, 5.41) is 0. The van der Waals surface area contributed by atoms with E-state index in [0.717, 1.165) is 36.8 Å². The molecule has 0 aliphatic carbocycles. The predicted molar refractivity (Wildman–Crippen MR) is 101 cm³/mol. The monoisotopic (exact) mass is 436 g/mol. The van der Waals surface area contributed by atoms with Gasteiger partial charge in [-0.05, 0) is 86.3 Å². The van der Waals surface area contributed by atoms with Gasteiger partial charge in [0, 0.05) is 0 Å². The van der Waals surface area contributed by atoms with Crippen LogP contribution in [0.25, 0.3) is 5.57 Å². The molecule has 0 heterocycles. The molecule has 0 amide bonds. The third-order valence-electron chi connectivity index (χ3n) is 3.99. The van der Waals surface area contributed by atoms with Gasteiger partial charge in [0.25, 0.3) is 0 Å².